The maximum Gasteiger partial charge on any atom is 0.269 e. The van der Waals surface area contributed by atoms with E-state index in [4.69, 9.17) is 0 Å². The van der Waals surface area contributed by atoms with Crippen molar-refractivity contribution in [3.05, 3.63) is 87.0 Å². The molecule has 0 aliphatic carbocycles. The molecule has 3 aromatic heterocycles. The summed E-state index contributed by atoms with van der Waals surface area (Å²) < 4.78 is 3.34. The molecule has 0 fully saturated rings. The summed E-state index contributed by atoms with van der Waals surface area (Å²) in [5.41, 5.74) is 3.35. The molecular weight excluding hydrogens is 358 g/mol. The minimum atomic E-state index is -0.454. The Balaban J connectivity index is 1.81. The van der Waals surface area contributed by atoms with E-state index < -0.39 is 4.92 Å². The number of aryl methyl sites for hydroxylation is 1. The Morgan fingerprint density at radius 3 is 2.68 bits per heavy atom. The van der Waals surface area contributed by atoms with Gasteiger partial charge in [-0.3, -0.25) is 23.9 Å². The molecule has 2 aromatic carbocycles. The van der Waals surface area contributed by atoms with Crippen LogP contribution < -0.4 is 5.56 Å². The first-order valence-corrected chi connectivity index (χ1v) is 8.57. The summed E-state index contributed by atoms with van der Waals surface area (Å²) in [4.78, 5) is 32.5. The van der Waals surface area contributed by atoms with Crippen molar-refractivity contribution in [1.82, 2.24) is 18.9 Å². The lowest BCUT2D eigenvalue weighted by Crippen LogP contribution is -2.19. The van der Waals surface area contributed by atoms with Crippen molar-refractivity contribution >= 4 is 33.4 Å². The van der Waals surface area contributed by atoms with Crippen molar-refractivity contribution in [2.75, 3.05) is 0 Å². The predicted molar refractivity (Wildman–Crippen MR) is 105 cm³/mol. The first-order valence-electron chi connectivity index (χ1n) is 8.57. The maximum atomic E-state index is 13.2. The standard InChI is InChI=1S/C20H13N5O3/c1-12-10-13(25(27)28)6-7-16(12)23-9-8-17-14(19(23)26)11-21-20-22-15-4-2-3-5-18(15)24(17)20/h2-11H,1H3. The summed E-state index contributed by atoms with van der Waals surface area (Å²) in [5, 5.41) is 11.4. The molecule has 0 bridgehead atoms. The Bertz CT molecular complexity index is 1480. The van der Waals surface area contributed by atoms with E-state index >= 15 is 0 Å². The van der Waals surface area contributed by atoms with Crippen molar-refractivity contribution in [2.24, 2.45) is 0 Å². The number of aromatic nitrogens is 4. The third-order valence-electron chi connectivity index (χ3n) is 4.85. The molecular formula is C20H13N5O3. The van der Waals surface area contributed by atoms with Gasteiger partial charge in [0.1, 0.15) is 0 Å². The van der Waals surface area contributed by atoms with Gasteiger partial charge in [-0.1, -0.05) is 12.1 Å². The molecule has 8 nitrogen and oxygen atoms in total. The Morgan fingerprint density at radius 1 is 1.07 bits per heavy atom. The summed E-state index contributed by atoms with van der Waals surface area (Å²) in [5.74, 6) is 0.525. The molecule has 8 heteroatoms. The zero-order valence-corrected chi connectivity index (χ0v) is 14.7. The van der Waals surface area contributed by atoms with Crippen molar-refractivity contribution in [2.45, 2.75) is 6.92 Å². The van der Waals surface area contributed by atoms with E-state index in [2.05, 4.69) is 9.97 Å². The van der Waals surface area contributed by atoms with E-state index in [1.165, 1.54) is 22.9 Å². The Labute approximate surface area is 157 Å². The highest BCUT2D eigenvalue weighted by Crippen LogP contribution is 2.22. The number of hydrogen-bond acceptors (Lipinski definition) is 5. The number of nitrogens with zero attached hydrogens (tertiary/aromatic N) is 5. The number of nitro groups is 1. The smallest absolute Gasteiger partial charge is 0.269 e. The average Bonchev–Trinajstić information content (AvgIpc) is 3.07. The van der Waals surface area contributed by atoms with Gasteiger partial charge in [-0.05, 0) is 36.8 Å². The fraction of sp³-hybridized carbons (Fsp3) is 0.0500. The van der Waals surface area contributed by atoms with E-state index in [1.54, 1.807) is 19.2 Å². The van der Waals surface area contributed by atoms with Crippen LogP contribution in [0.15, 0.2) is 65.7 Å². The van der Waals surface area contributed by atoms with Gasteiger partial charge < -0.3 is 0 Å². The SMILES string of the molecule is Cc1cc([N+](=O)[O-])ccc1-n1ccc2c(cnc3nc4ccccc4n32)c1=O. The molecule has 0 atom stereocenters. The number of rotatable bonds is 2. The van der Waals surface area contributed by atoms with Crippen LogP contribution in [-0.4, -0.2) is 23.9 Å². The summed E-state index contributed by atoms with van der Waals surface area (Å²) in [7, 11) is 0. The number of benzene rings is 2. The van der Waals surface area contributed by atoms with Crippen LogP contribution in [0.25, 0.3) is 33.4 Å². The lowest BCUT2D eigenvalue weighted by atomic mass is 10.1. The number of pyridine rings is 1. The van der Waals surface area contributed by atoms with Gasteiger partial charge in [0.2, 0.25) is 5.78 Å². The largest absolute Gasteiger partial charge is 0.283 e. The van der Waals surface area contributed by atoms with E-state index in [9.17, 15) is 14.9 Å². The molecule has 5 rings (SSSR count). The molecule has 0 unspecified atom stereocenters. The topological polar surface area (TPSA) is 95.3 Å². The van der Waals surface area contributed by atoms with Crippen molar-refractivity contribution in [3.63, 3.8) is 0 Å². The molecule has 0 amide bonds. The van der Waals surface area contributed by atoms with Crippen molar-refractivity contribution in [1.29, 1.82) is 0 Å². The normalized spacial score (nSPS) is 11.5. The summed E-state index contributed by atoms with van der Waals surface area (Å²) >= 11 is 0. The first kappa shape index (κ1) is 16.1. The monoisotopic (exact) mass is 371 g/mol. The fourth-order valence-corrected chi connectivity index (χ4v) is 3.53. The molecule has 0 radical (unpaired) electrons. The average molecular weight is 371 g/mol. The molecule has 0 N–H and O–H groups in total. The molecule has 0 saturated carbocycles. The second-order valence-corrected chi connectivity index (χ2v) is 6.51. The van der Waals surface area contributed by atoms with Crippen LogP contribution in [0.3, 0.4) is 0 Å². The Kier molecular flexibility index (Phi) is 3.29. The van der Waals surface area contributed by atoms with E-state index in [0.717, 1.165) is 11.0 Å². The molecule has 136 valence electrons. The van der Waals surface area contributed by atoms with E-state index in [-0.39, 0.29) is 11.2 Å². The molecule has 3 heterocycles. The van der Waals surface area contributed by atoms with Gasteiger partial charge in [-0.25, -0.2) is 9.97 Å². The molecule has 0 aliphatic heterocycles. The molecule has 0 saturated heterocycles. The highest BCUT2D eigenvalue weighted by molar-refractivity contribution is 5.88. The van der Waals surface area contributed by atoms with Crippen LogP contribution >= 0.6 is 0 Å². The van der Waals surface area contributed by atoms with Gasteiger partial charge in [0.05, 0.1) is 32.5 Å². The minimum absolute atomic E-state index is 0.0108. The Hall–Kier alpha value is -4.07. The highest BCUT2D eigenvalue weighted by Gasteiger charge is 2.14. The first-order chi connectivity index (χ1) is 13.5. The van der Waals surface area contributed by atoms with E-state index in [1.807, 2.05) is 34.7 Å². The van der Waals surface area contributed by atoms with Gasteiger partial charge in [-0.2, -0.15) is 0 Å². The quantitative estimate of drug-likeness (QED) is 0.350. The van der Waals surface area contributed by atoms with Gasteiger partial charge in [-0.15, -0.1) is 0 Å². The zero-order valence-electron chi connectivity index (χ0n) is 14.7. The summed E-state index contributed by atoms with van der Waals surface area (Å²) in [6.07, 6.45) is 3.20. The van der Waals surface area contributed by atoms with E-state index in [0.29, 0.717) is 27.9 Å². The second-order valence-electron chi connectivity index (χ2n) is 6.51. The molecule has 5 aromatic rings. The number of non-ortho nitro benzene ring substituents is 1. The van der Waals surface area contributed by atoms with Crippen molar-refractivity contribution in [3.8, 4) is 5.69 Å². The number of imidazole rings is 1. The lowest BCUT2D eigenvalue weighted by Gasteiger charge is -2.11. The molecule has 0 spiro atoms. The lowest BCUT2D eigenvalue weighted by molar-refractivity contribution is -0.384. The summed E-state index contributed by atoms with van der Waals surface area (Å²) in [6.45, 7) is 1.74. The number of para-hydroxylation sites is 2. The third-order valence-corrected chi connectivity index (χ3v) is 4.85. The highest BCUT2D eigenvalue weighted by atomic mass is 16.6. The predicted octanol–water partition coefficient (Wildman–Crippen LogP) is 3.40. The fourth-order valence-electron chi connectivity index (χ4n) is 3.53. The Morgan fingerprint density at radius 2 is 1.89 bits per heavy atom. The van der Waals surface area contributed by atoms with Gasteiger partial charge >= 0.3 is 0 Å². The molecule has 28 heavy (non-hydrogen) atoms. The van der Waals surface area contributed by atoms with Gasteiger partial charge in [0.25, 0.3) is 11.2 Å². The van der Waals surface area contributed by atoms with Crippen LogP contribution in [0.5, 0.6) is 0 Å². The van der Waals surface area contributed by atoms with Crippen LogP contribution in [-0.2, 0) is 0 Å². The van der Waals surface area contributed by atoms with Gasteiger partial charge in [0.15, 0.2) is 0 Å². The number of fused-ring (bicyclic) bond motifs is 5. The zero-order chi connectivity index (χ0) is 19.4. The number of nitro benzene ring substituents is 1. The second kappa shape index (κ2) is 5.71. The van der Waals surface area contributed by atoms with Crippen LogP contribution in [0.1, 0.15) is 5.56 Å². The van der Waals surface area contributed by atoms with Crippen LogP contribution in [0, 0.1) is 17.0 Å². The van der Waals surface area contributed by atoms with Gasteiger partial charge in [0, 0.05) is 24.5 Å². The van der Waals surface area contributed by atoms with Crippen LogP contribution in [0.2, 0.25) is 0 Å². The third kappa shape index (κ3) is 2.21. The molecule has 0 aliphatic rings. The van der Waals surface area contributed by atoms with Crippen LogP contribution in [0.4, 0.5) is 5.69 Å². The van der Waals surface area contributed by atoms with Crippen molar-refractivity contribution < 1.29 is 4.92 Å². The maximum absolute atomic E-state index is 13.2. The minimum Gasteiger partial charge on any atom is -0.283 e. The number of hydrogen-bond donors (Lipinski definition) is 0. The summed E-state index contributed by atoms with van der Waals surface area (Å²) in [6, 6.07) is 13.9.